The number of nitrogens with zero attached hydrogens (tertiary/aromatic N) is 1. The first-order valence-electron chi connectivity index (χ1n) is 6.75. The smallest absolute Gasteiger partial charge is 0.325 e. The van der Waals surface area contributed by atoms with Gasteiger partial charge in [-0.3, -0.25) is 9.59 Å². The molecule has 7 heteroatoms. The van der Waals surface area contributed by atoms with Gasteiger partial charge in [-0.1, -0.05) is 0 Å². The fourth-order valence-electron chi connectivity index (χ4n) is 3.44. The minimum atomic E-state index is -0.849. The van der Waals surface area contributed by atoms with Crippen LogP contribution in [0.5, 0.6) is 0 Å². The maximum atomic E-state index is 12.0. The van der Waals surface area contributed by atoms with E-state index in [1.165, 1.54) is 19.1 Å². The topological polar surface area (TPSA) is 95.9 Å². The van der Waals surface area contributed by atoms with E-state index in [-0.39, 0.29) is 24.4 Å². The van der Waals surface area contributed by atoms with Gasteiger partial charge >= 0.3 is 18.0 Å². The first-order chi connectivity index (χ1) is 9.43. The Kier molecular flexibility index (Phi) is 4.15. The average molecular weight is 284 g/mol. The van der Waals surface area contributed by atoms with Crippen LogP contribution in [0.25, 0.3) is 0 Å². The molecule has 4 atom stereocenters. The minimum absolute atomic E-state index is 0.152. The number of carboxylic acid groups (broad SMARTS) is 1. The van der Waals surface area contributed by atoms with Crippen LogP contribution in [0.4, 0.5) is 4.79 Å². The van der Waals surface area contributed by atoms with Crippen molar-refractivity contribution >= 4 is 18.0 Å². The van der Waals surface area contributed by atoms with Gasteiger partial charge in [-0.15, -0.1) is 0 Å². The Morgan fingerprint density at radius 2 is 1.95 bits per heavy atom. The van der Waals surface area contributed by atoms with Gasteiger partial charge < -0.3 is 20.1 Å². The molecule has 20 heavy (non-hydrogen) atoms. The molecule has 2 rings (SSSR count). The van der Waals surface area contributed by atoms with Crippen LogP contribution in [0.3, 0.4) is 0 Å². The Balaban J connectivity index is 1.96. The SMILES string of the molecule is COC(=O)CN(C)C(=O)NC1C2CCC(C2)C1C(=O)O. The van der Waals surface area contributed by atoms with Gasteiger partial charge in [-0.2, -0.15) is 0 Å². The highest BCUT2D eigenvalue weighted by molar-refractivity contribution is 5.81. The largest absolute Gasteiger partial charge is 0.481 e. The number of likely N-dealkylation sites (N-methyl/N-ethyl adjacent to an activating group) is 1. The van der Waals surface area contributed by atoms with Crippen molar-refractivity contribution in [3.8, 4) is 0 Å². The van der Waals surface area contributed by atoms with E-state index in [2.05, 4.69) is 10.1 Å². The van der Waals surface area contributed by atoms with Crippen molar-refractivity contribution in [2.24, 2.45) is 17.8 Å². The van der Waals surface area contributed by atoms with Gasteiger partial charge in [0.25, 0.3) is 0 Å². The molecule has 2 N–H and O–H groups in total. The van der Waals surface area contributed by atoms with Gasteiger partial charge in [-0.25, -0.2) is 4.79 Å². The van der Waals surface area contributed by atoms with Gasteiger partial charge in [0.05, 0.1) is 13.0 Å². The zero-order valence-corrected chi connectivity index (χ0v) is 11.7. The van der Waals surface area contributed by atoms with Crippen LogP contribution in [-0.4, -0.2) is 54.7 Å². The molecule has 0 saturated heterocycles. The van der Waals surface area contributed by atoms with Crippen LogP contribution < -0.4 is 5.32 Å². The quantitative estimate of drug-likeness (QED) is 0.724. The second kappa shape index (κ2) is 5.68. The van der Waals surface area contributed by atoms with Crippen LogP contribution in [0, 0.1) is 17.8 Å². The van der Waals surface area contributed by atoms with E-state index in [0.29, 0.717) is 0 Å². The van der Waals surface area contributed by atoms with Crippen molar-refractivity contribution in [1.29, 1.82) is 0 Å². The lowest BCUT2D eigenvalue weighted by atomic mass is 9.84. The van der Waals surface area contributed by atoms with Crippen molar-refractivity contribution in [3.05, 3.63) is 0 Å². The Labute approximate surface area is 117 Å². The number of esters is 1. The molecular formula is C13H20N2O5. The number of carbonyl (C=O) groups excluding carboxylic acids is 2. The summed E-state index contributed by atoms with van der Waals surface area (Å²) in [5.41, 5.74) is 0. The number of ether oxygens (including phenoxy) is 1. The second-order valence-corrected chi connectivity index (χ2v) is 5.60. The van der Waals surface area contributed by atoms with Gasteiger partial charge in [0.15, 0.2) is 0 Å². The highest BCUT2D eigenvalue weighted by atomic mass is 16.5. The molecule has 2 fully saturated rings. The zero-order chi connectivity index (χ0) is 14.9. The molecule has 0 aromatic rings. The lowest BCUT2D eigenvalue weighted by Crippen LogP contribution is -2.51. The van der Waals surface area contributed by atoms with E-state index < -0.39 is 23.9 Å². The third-order valence-corrected chi connectivity index (χ3v) is 4.43. The number of carbonyl (C=O) groups is 3. The van der Waals surface area contributed by atoms with Crippen molar-refractivity contribution < 1.29 is 24.2 Å². The number of carboxylic acids is 1. The summed E-state index contributed by atoms with van der Waals surface area (Å²) < 4.78 is 4.49. The van der Waals surface area contributed by atoms with Gasteiger partial charge in [0.1, 0.15) is 6.54 Å². The van der Waals surface area contributed by atoms with Crippen molar-refractivity contribution in [1.82, 2.24) is 10.2 Å². The molecule has 0 aliphatic heterocycles. The zero-order valence-electron chi connectivity index (χ0n) is 11.7. The van der Waals surface area contributed by atoms with Crippen molar-refractivity contribution in [3.63, 3.8) is 0 Å². The van der Waals surface area contributed by atoms with Gasteiger partial charge in [0, 0.05) is 13.1 Å². The number of fused-ring (bicyclic) bond motifs is 2. The summed E-state index contributed by atoms with van der Waals surface area (Å²) in [4.78, 5) is 35.7. The predicted octanol–water partition coefficient (Wildman–Crippen LogP) is 0.300. The lowest BCUT2D eigenvalue weighted by molar-refractivity contribution is -0.144. The van der Waals surface area contributed by atoms with E-state index in [4.69, 9.17) is 0 Å². The molecule has 2 amide bonds. The molecule has 2 bridgehead atoms. The maximum absolute atomic E-state index is 12.0. The number of nitrogens with one attached hydrogen (secondary N) is 1. The van der Waals surface area contributed by atoms with E-state index >= 15 is 0 Å². The van der Waals surface area contributed by atoms with Gasteiger partial charge in [0.2, 0.25) is 0 Å². The highest BCUT2D eigenvalue weighted by Gasteiger charge is 2.51. The first kappa shape index (κ1) is 14.6. The fraction of sp³-hybridized carbons (Fsp3) is 0.769. The van der Waals surface area contributed by atoms with Gasteiger partial charge in [-0.05, 0) is 31.1 Å². The second-order valence-electron chi connectivity index (χ2n) is 5.60. The highest BCUT2D eigenvalue weighted by Crippen LogP contribution is 2.48. The average Bonchev–Trinajstić information content (AvgIpc) is 2.98. The third kappa shape index (κ3) is 2.71. The van der Waals surface area contributed by atoms with Crippen LogP contribution in [-0.2, 0) is 14.3 Å². The summed E-state index contributed by atoms with van der Waals surface area (Å²) in [6.45, 7) is -0.152. The monoisotopic (exact) mass is 284 g/mol. The molecule has 112 valence electrons. The summed E-state index contributed by atoms with van der Waals surface area (Å²) in [6.07, 6.45) is 2.74. The van der Waals surface area contributed by atoms with Crippen LogP contribution in [0.15, 0.2) is 0 Å². The number of rotatable bonds is 4. The standard InChI is InChI=1S/C13H20N2O5/c1-15(6-9(16)20-2)13(19)14-11-8-4-3-7(5-8)10(11)12(17)18/h7-8,10-11H,3-6H2,1-2H3,(H,14,19)(H,17,18). The van der Waals surface area contributed by atoms with E-state index in [0.717, 1.165) is 19.3 Å². The number of amides is 2. The van der Waals surface area contributed by atoms with Crippen LogP contribution >= 0.6 is 0 Å². The molecule has 7 nitrogen and oxygen atoms in total. The molecule has 0 aromatic heterocycles. The molecule has 2 saturated carbocycles. The molecule has 2 aliphatic carbocycles. The number of hydrogen-bond acceptors (Lipinski definition) is 4. The molecular weight excluding hydrogens is 264 g/mol. The van der Waals surface area contributed by atoms with E-state index in [1.54, 1.807) is 0 Å². The number of aliphatic carboxylic acids is 1. The fourth-order valence-corrected chi connectivity index (χ4v) is 3.44. The van der Waals surface area contributed by atoms with Crippen LogP contribution in [0.2, 0.25) is 0 Å². The van der Waals surface area contributed by atoms with E-state index in [1.807, 2.05) is 0 Å². The molecule has 4 unspecified atom stereocenters. The predicted molar refractivity (Wildman–Crippen MR) is 68.9 cm³/mol. The normalized spacial score (nSPS) is 30.9. The third-order valence-electron chi connectivity index (χ3n) is 4.43. The summed E-state index contributed by atoms with van der Waals surface area (Å²) in [5, 5.41) is 12.1. The summed E-state index contributed by atoms with van der Waals surface area (Å²) in [5.74, 6) is -1.47. The van der Waals surface area contributed by atoms with Crippen LogP contribution in [0.1, 0.15) is 19.3 Å². The summed E-state index contributed by atoms with van der Waals surface area (Å²) in [7, 11) is 2.74. The first-order valence-corrected chi connectivity index (χ1v) is 6.75. The number of hydrogen-bond donors (Lipinski definition) is 2. The Hall–Kier alpha value is -1.79. The van der Waals surface area contributed by atoms with Crippen molar-refractivity contribution in [2.45, 2.75) is 25.3 Å². The Bertz CT molecular complexity index is 425. The lowest BCUT2D eigenvalue weighted by Gasteiger charge is -2.30. The molecule has 0 heterocycles. The Morgan fingerprint density at radius 1 is 1.30 bits per heavy atom. The molecule has 0 radical (unpaired) electrons. The molecule has 0 spiro atoms. The molecule has 0 aromatic carbocycles. The minimum Gasteiger partial charge on any atom is -0.481 e. The summed E-state index contributed by atoms with van der Waals surface area (Å²) in [6, 6.07) is -0.766. The van der Waals surface area contributed by atoms with Crippen molar-refractivity contribution in [2.75, 3.05) is 20.7 Å². The molecule has 2 aliphatic rings. The number of methoxy groups -OCH3 is 1. The number of urea groups is 1. The summed E-state index contributed by atoms with van der Waals surface area (Å²) >= 11 is 0. The Morgan fingerprint density at radius 3 is 2.55 bits per heavy atom. The maximum Gasteiger partial charge on any atom is 0.325 e. The van der Waals surface area contributed by atoms with E-state index in [9.17, 15) is 19.5 Å².